The van der Waals surface area contributed by atoms with Crippen molar-refractivity contribution in [2.45, 2.75) is 56.9 Å². The second-order valence-corrected chi connectivity index (χ2v) is 13.1. The summed E-state index contributed by atoms with van der Waals surface area (Å²) in [6, 6.07) is 8.97. The van der Waals surface area contributed by atoms with E-state index in [0.717, 1.165) is 5.56 Å². The maximum atomic E-state index is 14.1. The van der Waals surface area contributed by atoms with E-state index in [1.54, 1.807) is 25.1 Å². The number of aliphatic hydroxyl groups excluding tert-OH is 2. The highest BCUT2D eigenvalue weighted by Crippen LogP contribution is 2.54. The molecule has 2 aromatic carbocycles. The number of nitrogens with zero attached hydrogens (tertiary/aromatic N) is 2. The van der Waals surface area contributed by atoms with E-state index in [9.17, 15) is 34.8 Å². The first-order chi connectivity index (χ1) is 20.6. The smallest absolute Gasteiger partial charge is 0.230 e. The zero-order valence-electron chi connectivity index (χ0n) is 26.0. The number of ketones is 2. The number of aliphatic hydroxyl groups is 3. The fourth-order valence-electron chi connectivity index (χ4n) is 7.40. The predicted octanol–water partition coefficient (Wildman–Crippen LogP) is 1.93. The number of phenolic OH excluding ortho intramolecular Hbond substituents is 1. The lowest BCUT2D eigenvalue weighted by Gasteiger charge is -2.53. The third-order valence-corrected chi connectivity index (χ3v) is 9.68. The normalized spacial score (nSPS) is 28.1. The summed E-state index contributed by atoms with van der Waals surface area (Å²) < 4.78 is 0. The number of phenols is 1. The van der Waals surface area contributed by atoms with Gasteiger partial charge in [0.25, 0.3) is 0 Å². The number of hydrogen-bond donors (Lipinski definition) is 6. The monoisotopic (exact) mass is 606 g/mol. The number of amides is 1. The second kappa shape index (κ2) is 11.2. The molecule has 0 heterocycles. The number of carbonyl (C=O) groups is 3. The molecule has 5 rings (SSSR count). The predicted molar refractivity (Wildman–Crippen MR) is 166 cm³/mol. The molecular weight excluding hydrogens is 564 g/mol. The second-order valence-electron chi connectivity index (χ2n) is 13.1. The summed E-state index contributed by atoms with van der Waals surface area (Å²) in [5.74, 6) is -7.23. The van der Waals surface area contributed by atoms with Crippen LogP contribution < -0.4 is 16.0 Å². The van der Waals surface area contributed by atoms with Crippen molar-refractivity contribution in [1.82, 2.24) is 4.90 Å². The van der Waals surface area contributed by atoms with Crippen LogP contribution in [0.15, 0.2) is 35.9 Å². The summed E-state index contributed by atoms with van der Waals surface area (Å²) in [5.41, 5.74) is 6.50. The van der Waals surface area contributed by atoms with Crippen molar-refractivity contribution in [1.29, 1.82) is 0 Å². The van der Waals surface area contributed by atoms with Gasteiger partial charge < -0.3 is 41.3 Å². The zero-order chi connectivity index (χ0) is 32.4. The first kappa shape index (κ1) is 31.5. The molecule has 0 aromatic heterocycles. The van der Waals surface area contributed by atoms with Gasteiger partial charge in [-0.05, 0) is 61.5 Å². The van der Waals surface area contributed by atoms with Gasteiger partial charge in [-0.1, -0.05) is 38.1 Å². The minimum absolute atomic E-state index is 0.0504. The van der Waals surface area contributed by atoms with Gasteiger partial charge in [0.2, 0.25) is 11.7 Å². The number of hydrogen-bond acceptors (Lipinski definition) is 10. The lowest BCUT2D eigenvalue weighted by atomic mass is 9.54. The Kier molecular flexibility index (Phi) is 8.02. The van der Waals surface area contributed by atoms with Gasteiger partial charge in [0.1, 0.15) is 17.4 Å². The Morgan fingerprint density at radius 2 is 1.75 bits per heavy atom. The molecule has 0 saturated heterocycles. The number of fused-ring (bicyclic) bond motifs is 3. The van der Waals surface area contributed by atoms with E-state index < -0.39 is 58.7 Å². The average molecular weight is 607 g/mol. The molecule has 2 unspecified atom stereocenters. The van der Waals surface area contributed by atoms with E-state index in [0.29, 0.717) is 29.4 Å². The summed E-state index contributed by atoms with van der Waals surface area (Å²) in [6.45, 7) is 4.62. The van der Waals surface area contributed by atoms with E-state index in [2.05, 4.69) is 31.3 Å². The van der Waals surface area contributed by atoms with Crippen molar-refractivity contribution in [3.05, 3.63) is 58.2 Å². The molecular formula is C33H42N4O7. The zero-order valence-corrected chi connectivity index (χ0v) is 26.0. The largest absolute Gasteiger partial charge is 0.507 e. The maximum Gasteiger partial charge on any atom is 0.230 e. The Balaban J connectivity index is 1.60. The van der Waals surface area contributed by atoms with Crippen molar-refractivity contribution in [3.63, 3.8) is 0 Å². The number of aromatic hydroxyl groups is 1. The van der Waals surface area contributed by atoms with Crippen LogP contribution in [0.4, 0.5) is 11.4 Å². The summed E-state index contributed by atoms with van der Waals surface area (Å²) >= 11 is 0. The number of primary amides is 1. The van der Waals surface area contributed by atoms with Crippen LogP contribution in [0, 0.1) is 17.8 Å². The molecule has 0 spiro atoms. The third kappa shape index (κ3) is 4.74. The highest BCUT2D eigenvalue weighted by Gasteiger charge is 2.67. The number of nitrogens with two attached hydrogens (primary N) is 1. The fraction of sp³-hybridized carbons (Fsp3) is 0.485. The van der Waals surface area contributed by atoms with Crippen molar-refractivity contribution >= 4 is 34.6 Å². The minimum Gasteiger partial charge on any atom is -0.507 e. The lowest BCUT2D eigenvalue weighted by Crippen LogP contribution is -2.73. The number of nitrogens with one attached hydrogen (secondary N) is 1. The van der Waals surface area contributed by atoms with Gasteiger partial charge in [-0.25, -0.2) is 0 Å². The van der Waals surface area contributed by atoms with E-state index in [4.69, 9.17) is 5.73 Å². The number of Topliss-reactive ketones (excluding diaryl/α,β-unsaturated/α-hetero) is 2. The summed E-state index contributed by atoms with van der Waals surface area (Å²) in [5, 5.41) is 49.3. The van der Waals surface area contributed by atoms with Crippen LogP contribution in [0.25, 0.3) is 5.76 Å². The quantitative estimate of drug-likeness (QED) is 0.202. The molecule has 11 heteroatoms. The van der Waals surface area contributed by atoms with Crippen LogP contribution in [0.2, 0.25) is 0 Å². The molecule has 0 aliphatic heterocycles. The molecule has 2 fully saturated rings. The molecule has 3 aliphatic carbocycles. The Morgan fingerprint density at radius 3 is 2.30 bits per heavy atom. The van der Waals surface area contributed by atoms with E-state index in [1.165, 1.54) is 5.56 Å². The summed E-state index contributed by atoms with van der Waals surface area (Å²) in [4.78, 5) is 43.4. The minimum atomic E-state index is -2.69. The van der Waals surface area contributed by atoms with Crippen molar-refractivity contribution in [3.8, 4) is 5.75 Å². The van der Waals surface area contributed by atoms with Gasteiger partial charge in [0, 0.05) is 43.9 Å². The highest BCUT2D eigenvalue weighted by atomic mass is 16.3. The standard InChI is InChI=1S/C33H42N4O7/c1-15(2)17-9-7-16(8-10-17)14-35-21-13-22(36(3)4)19-11-18-12-20-26(37(5)6)29(40)25(32(34)43)31(42)33(20,44)30(41)23(18)28(39)24(19)27(21)38/h7-10,13,15,18,20,25-26,29,35,38-40,44H,11-12,14H2,1-6H3,(H2,34,43)/t18-,20-,25?,26-,29?,33-/m1/s1. The van der Waals surface area contributed by atoms with Gasteiger partial charge >= 0.3 is 0 Å². The van der Waals surface area contributed by atoms with Crippen LogP contribution in [-0.2, 0) is 27.3 Å². The van der Waals surface area contributed by atoms with Crippen molar-refractivity contribution in [2.24, 2.45) is 23.5 Å². The molecule has 44 heavy (non-hydrogen) atoms. The number of anilines is 2. The molecule has 236 valence electrons. The van der Waals surface area contributed by atoms with Gasteiger partial charge in [-0.15, -0.1) is 0 Å². The molecule has 6 atom stereocenters. The Labute approximate surface area is 257 Å². The number of carbonyl (C=O) groups excluding carboxylic acids is 3. The van der Waals surface area contributed by atoms with Gasteiger partial charge in [-0.3, -0.25) is 14.4 Å². The molecule has 3 aliphatic rings. The SMILES string of the molecule is CC(C)c1ccc(CNc2cc(N(C)C)c3c(c2O)C(O)=C2C(=O)[C@@]4(O)C(=O)C(C(N)=O)C(O)[C@H](N(C)C)[C@H]4C[C@H]2C3)cc1. The summed E-state index contributed by atoms with van der Waals surface area (Å²) in [6.07, 6.45) is -1.23. The maximum absolute atomic E-state index is 14.1. The number of rotatable bonds is 7. The molecule has 11 nitrogen and oxygen atoms in total. The van der Waals surface area contributed by atoms with Crippen molar-refractivity contribution in [2.75, 3.05) is 38.4 Å². The van der Waals surface area contributed by atoms with Crippen molar-refractivity contribution < 1.29 is 34.8 Å². The van der Waals surface area contributed by atoms with Crippen LogP contribution in [0.3, 0.4) is 0 Å². The van der Waals surface area contributed by atoms with Crippen LogP contribution in [-0.4, -0.2) is 88.7 Å². The Hall–Kier alpha value is -3.93. The highest BCUT2D eigenvalue weighted by molar-refractivity contribution is 6.25. The third-order valence-electron chi connectivity index (χ3n) is 9.68. The molecule has 7 N–H and O–H groups in total. The van der Waals surface area contributed by atoms with Gasteiger partial charge in [-0.2, -0.15) is 0 Å². The average Bonchev–Trinajstić information content (AvgIpc) is 2.94. The van der Waals surface area contributed by atoms with Gasteiger partial charge in [0.05, 0.1) is 17.4 Å². The summed E-state index contributed by atoms with van der Waals surface area (Å²) in [7, 11) is 6.93. The molecule has 0 bridgehead atoms. The first-order valence-corrected chi connectivity index (χ1v) is 14.9. The lowest BCUT2D eigenvalue weighted by molar-refractivity contribution is -0.184. The topological polar surface area (TPSA) is 177 Å². The van der Waals surface area contributed by atoms with Crippen LogP contribution >= 0.6 is 0 Å². The fourth-order valence-corrected chi connectivity index (χ4v) is 7.40. The molecule has 2 saturated carbocycles. The van der Waals surface area contributed by atoms with Crippen LogP contribution in [0.5, 0.6) is 5.75 Å². The van der Waals surface area contributed by atoms with Crippen LogP contribution in [0.1, 0.15) is 48.4 Å². The Morgan fingerprint density at radius 1 is 1.11 bits per heavy atom. The van der Waals surface area contributed by atoms with Gasteiger partial charge in [0.15, 0.2) is 11.4 Å². The number of likely N-dealkylation sites (N-methyl/N-ethyl adjacent to an activating group) is 1. The van der Waals surface area contributed by atoms with E-state index in [-0.39, 0.29) is 29.7 Å². The Bertz CT molecular complexity index is 1550. The number of benzene rings is 2. The molecule has 1 amide bonds. The molecule has 2 aromatic rings. The molecule has 0 radical (unpaired) electrons. The van der Waals surface area contributed by atoms with E-state index in [1.807, 2.05) is 31.1 Å². The first-order valence-electron chi connectivity index (χ1n) is 14.9. The van der Waals surface area contributed by atoms with E-state index >= 15 is 0 Å².